The van der Waals surface area contributed by atoms with Crippen molar-refractivity contribution in [2.24, 2.45) is 5.10 Å². The number of halogens is 3. The molecular weight excluding hydrogens is 365 g/mol. The van der Waals surface area contributed by atoms with Gasteiger partial charge >= 0.3 is 6.18 Å². The van der Waals surface area contributed by atoms with E-state index in [1.54, 1.807) is 12.1 Å². The molecule has 1 amide bonds. The molecule has 134 valence electrons. The Balaban J connectivity index is 1.64. The minimum Gasteiger partial charge on any atom is -0.455 e. The first-order chi connectivity index (χ1) is 12.4. The van der Waals surface area contributed by atoms with Gasteiger partial charge in [-0.3, -0.25) is 4.79 Å². The molecule has 3 aromatic rings. The lowest BCUT2D eigenvalue weighted by atomic mass is 10.1. The molecule has 0 atom stereocenters. The SMILES string of the molecule is O=C(Cc1cccs1)N/N=C/c1ccc(-c2cccc(C(F)(F)F)c2)o1. The van der Waals surface area contributed by atoms with Crippen LogP contribution < -0.4 is 5.43 Å². The molecule has 0 saturated heterocycles. The number of alkyl halides is 3. The van der Waals surface area contributed by atoms with Gasteiger partial charge in [0, 0.05) is 10.4 Å². The van der Waals surface area contributed by atoms with Crippen molar-refractivity contribution in [1.82, 2.24) is 5.43 Å². The number of furan rings is 1. The number of carbonyl (C=O) groups excluding carboxylic acids is 1. The highest BCUT2D eigenvalue weighted by Gasteiger charge is 2.30. The van der Waals surface area contributed by atoms with Crippen molar-refractivity contribution < 1.29 is 22.4 Å². The Kier molecular flexibility index (Phi) is 5.22. The second-order valence-corrected chi connectivity index (χ2v) is 6.36. The number of rotatable bonds is 5. The molecule has 0 aliphatic rings. The lowest BCUT2D eigenvalue weighted by Crippen LogP contribution is -2.19. The normalized spacial score (nSPS) is 11.8. The van der Waals surface area contributed by atoms with Crippen molar-refractivity contribution in [2.45, 2.75) is 12.6 Å². The fourth-order valence-electron chi connectivity index (χ4n) is 2.20. The third-order valence-corrected chi connectivity index (χ3v) is 4.27. The van der Waals surface area contributed by atoms with E-state index in [9.17, 15) is 18.0 Å². The van der Waals surface area contributed by atoms with E-state index in [0.717, 1.165) is 17.0 Å². The second kappa shape index (κ2) is 7.57. The molecule has 2 aromatic heterocycles. The molecule has 3 rings (SSSR count). The summed E-state index contributed by atoms with van der Waals surface area (Å²) in [6, 6.07) is 11.7. The quantitative estimate of drug-likeness (QED) is 0.516. The highest BCUT2D eigenvalue weighted by atomic mass is 32.1. The van der Waals surface area contributed by atoms with Crippen LogP contribution in [0.2, 0.25) is 0 Å². The van der Waals surface area contributed by atoms with E-state index in [2.05, 4.69) is 10.5 Å². The summed E-state index contributed by atoms with van der Waals surface area (Å²) in [5, 5.41) is 5.67. The van der Waals surface area contributed by atoms with E-state index < -0.39 is 11.7 Å². The van der Waals surface area contributed by atoms with Crippen LogP contribution in [0.1, 0.15) is 16.2 Å². The van der Waals surface area contributed by atoms with Gasteiger partial charge in [0.1, 0.15) is 11.5 Å². The number of nitrogens with zero attached hydrogens (tertiary/aromatic N) is 1. The lowest BCUT2D eigenvalue weighted by Gasteiger charge is -2.07. The van der Waals surface area contributed by atoms with Crippen molar-refractivity contribution in [3.8, 4) is 11.3 Å². The van der Waals surface area contributed by atoms with E-state index in [-0.39, 0.29) is 18.1 Å². The maximum Gasteiger partial charge on any atom is 0.416 e. The number of hydrogen-bond acceptors (Lipinski definition) is 4. The summed E-state index contributed by atoms with van der Waals surface area (Å²) in [6.07, 6.45) is -2.90. The Morgan fingerprint density at radius 3 is 2.77 bits per heavy atom. The summed E-state index contributed by atoms with van der Waals surface area (Å²) >= 11 is 1.47. The van der Waals surface area contributed by atoms with Crippen LogP contribution in [0.3, 0.4) is 0 Å². The van der Waals surface area contributed by atoms with Crippen molar-refractivity contribution in [3.05, 3.63) is 70.1 Å². The molecular formula is C18H13F3N2O2S. The molecule has 0 bridgehead atoms. The van der Waals surface area contributed by atoms with Gasteiger partial charge in [-0.25, -0.2) is 5.43 Å². The molecule has 0 unspecified atom stereocenters. The first kappa shape index (κ1) is 17.9. The van der Waals surface area contributed by atoms with Crippen LogP contribution in [0.4, 0.5) is 13.2 Å². The molecule has 1 aromatic carbocycles. The predicted molar refractivity (Wildman–Crippen MR) is 92.9 cm³/mol. The molecule has 1 N–H and O–H groups in total. The molecule has 4 nitrogen and oxygen atoms in total. The summed E-state index contributed by atoms with van der Waals surface area (Å²) < 4.78 is 43.8. The van der Waals surface area contributed by atoms with Crippen LogP contribution >= 0.6 is 11.3 Å². The summed E-state index contributed by atoms with van der Waals surface area (Å²) in [7, 11) is 0. The third-order valence-electron chi connectivity index (χ3n) is 3.40. The molecule has 2 heterocycles. The van der Waals surface area contributed by atoms with Crippen LogP contribution in [0, 0.1) is 0 Å². The smallest absolute Gasteiger partial charge is 0.416 e. The molecule has 8 heteroatoms. The third kappa shape index (κ3) is 4.60. The number of carbonyl (C=O) groups is 1. The molecule has 0 saturated carbocycles. The van der Waals surface area contributed by atoms with Crippen LogP contribution in [0.15, 0.2) is 63.4 Å². The summed E-state index contributed by atoms with van der Waals surface area (Å²) in [6.45, 7) is 0. The summed E-state index contributed by atoms with van der Waals surface area (Å²) in [5.41, 5.74) is 1.93. The molecule has 0 aliphatic carbocycles. The highest BCUT2D eigenvalue weighted by Crippen LogP contribution is 2.32. The number of nitrogens with one attached hydrogen (secondary N) is 1. The zero-order valence-corrected chi connectivity index (χ0v) is 14.1. The Bertz CT molecular complexity index is 915. The first-order valence-electron chi connectivity index (χ1n) is 7.53. The lowest BCUT2D eigenvalue weighted by molar-refractivity contribution is -0.137. The van der Waals surface area contributed by atoms with Crippen LogP contribution in [0.5, 0.6) is 0 Å². The average molecular weight is 378 g/mol. The molecule has 26 heavy (non-hydrogen) atoms. The second-order valence-electron chi connectivity index (χ2n) is 5.33. The highest BCUT2D eigenvalue weighted by molar-refractivity contribution is 7.10. The largest absolute Gasteiger partial charge is 0.455 e. The topological polar surface area (TPSA) is 54.6 Å². The number of benzene rings is 1. The molecule has 0 aliphatic heterocycles. The van der Waals surface area contributed by atoms with Gasteiger partial charge in [-0.05, 0) is 35.7 Å². The minimum atomic E-state index is -4.42. The van der Waals surface area contributed by atoms with Crippen molar-refractivity contribution >= 4 is 23.5 Å². The van der Waals surface area contributed by atoms with Gasteiger partial charge in [-0.2, -0.15) is 18.3 Å². The molecule has 0 spiro atoms. The zero-order chi connectivity index (χ0) is 18.6. The van der Waals surface area contributed by atoms with Gasteiger partial charge in [0.15, 0.2) is 0 Å². The first-order valence-corrected chi connectivity index (χ1v) is 8.41. The Morgan fingerprint density at radius 2 is 2.04 bits per heavy atom. The fraction of sp³-hybridized carbons (Fsp3) is 0.111. The Morgan fingerprint density at radius 1 is 1.19 bits per heavy atom. The Hall–Kier alpha value is -2.87. The monoisotopic (exact) mass is 378 g/mol. The van der Waals surface area contributed by atoms with Gasteiger partial charge in [-0.1, -0.05) is 18.2 Å². The van der Waals surface area contributed by atoms with Crippen molar-refractivity contribution in [1.29, 1.82) is 0 Å². The molecule has 0 fully saturated rings. The van der Waals surface area contributed by atoms with E-state index in [1.807, 2.05) is 17.5 Å². The molecule has 0 radical (unpaired) electrons. The van der Waals surface area contributed by atoms with Crippen LogP contribution in [-0.2, 0) is 17.4 Å². The number of hydrazone groups is 1. The van der Waals surface area contributed by atoms with Gasteiger partial charge in [-0.15, -0.1) is 11.3 Å². The standard InChI is InChI=1S/C18H13F3N2O2S/c19-18(20,21)13-4-1-3-12(9-13)16-7-6-14(25-16)11-22-23-17(24)10-15-5-2-8-26-15/h1-9,11H,10H2,(H,23,24)/b22-11+. The van der Waals surface area contributed by atoms with Gasteiger partial charge in [0.25, 0.3) is 0 Å². The van der Waals surface area contributed by atoms with E-state index >= 15 is 0 Å². The van der Waals surface area contributed by atoms with E-state index in [0.29, 0.717) is 11.3 Å². The van der Waals surface area contributed by atoms with Gasteiger partial charge in [0.2, 0.25) is 5.91 Å². The van der Waals surface area contributed by atoms with Crippen molar-refractivity contribution in [2.75, 3.05) is 0 Å². The summed E-state index contributed by atoms with van der Waals surface area (Å²) in [4.78, 5) is 12.6. The Labute approximate surface area is 151 Å². The number of amides is 1. The fourth-order valence-corrected chi connectivity index (χ4v) is 2.91. The summed E-state index contributed by atoms with van der Waals surface area (Å²) in [5.74, 6) is 0.324. The maximum absolute atomic E-state index is 12.8. The predicted octanol–water partition coefficient (Wildman–Crippen LogP) is 4.72. The van der Waals surface area contributed by atoms with Crippen molar-refractivity contribution in [3.63, 3.8) is 0 Å². The zero-order valence-electron chi connectivity index (χ0n) is 13.3. The van der Waals surface area contributed by atoms with E-state index in [1.165, 1.54) is 29.7 Å². The van der Waals surface area contributed by atoms with Gasteiger partial charge in [0.05, 0.1) is 18.2 Å². The van der Waals surface area contributed by atoms with Crippen LogP contribution in [-0.4, -0.2) is 12.1 Å². The van der Waals surface area contributed by atoms with E-state index in [4.69, 9.17) is 4.42 Å². The minimum absolute atomic E-state index is 0.225. The average Bonchev–Trinajstić information content (AvgIpc) is 3.26. The number of thiophene rings is 1. The number of hydrogen-bond donors (Lipinski definition) is 1. The van der Waals surface area contributed by atoms with Gasteiger partial charge < -0.3 is 4.42 Å². The maximum atomic E-state index is 12.8. The van der Waals surface area contributed by atoms with Crippen LogP contribution in [0.25, 0.3) is 11.3 Å².